The molecule has 2 heterocycles. The Bertz CT molecular complexity index is 816. The maximum absolute atomic E-state index is 12.9. The van der Waals surface area contributed by atoms with Crippen LogP contribution in [0, 0.1) is 5.92 Å². The smallest absolute Gasteiger partial charge is 0.244 e. The molecule has 1 saturated heterocycles. The van der Waals surface area contributed by atoms with Crippen LogP contribution in [0.1, 0.15) is 19.4 Å². The molecule has 27 heavy (non-hydrogen) atoms. The van der Waals surface area contributed by atoms with Crippen LogP contribution in [0.2, 0.25) is 0 Å². The van der Waals surface area contributed by atoms with Crippen molar-refractivity contribution in [3.63, 3.8) is 0 Å². The van der Waals surface area contributed by atoms with Crippen molar-refractivity contribution >= 4 is 21.8 Å². The van der Waals surface area contributed by atoms with E-state index in [1.807, 2.05) is 24.3 Å². The second kappa shape index (κ2) is 9.19. The normalized spacial score (nSPS) is 16.7. The summed E-state index contributed by atoms with van der Waals surface area (Å²) in [6.45, 7) is 7.68. The molecule has 146 valence electrons. The number of hydrogen-bond acceptors (Lipinski definition) is 5. The predicted octanol–water partition coefficient (Wildman–Crippen LogP) is 3.34. The molecule has 2 aromatic rings. The van der Waals surface area contributed by atoms with Gasteiger partial charge in [0.2, 0.25) is 10.0 Å². The first-order chi connectivity index (χ1) is 12.9. The van der Waals surface area contributed by atoms with Crippen LogP contribution in [-0.2, 0) is 16.6 Å². The highest BCUT2D eigenvalue weighted by atomic mass is 32.2. The van der Waals surface area contributed by atoms with Crippen LogP contribution < -0.4 is 0 Å². The fraction of sp³-hybridized carbons (Fsp3) is 0.450. The molecule has 7 heteroatoms. The fourth-order valence-corrected chi connectivity index (χ4v) is 5.14. The van der Waals surface area contributed by atoms with E-state index in [2.05, 4.69) is 35.9 Å². The second-order valence-corrected chi connectivity index (χ2v) is 10.2. The van der Waals surface area contributed by atoms with E-state index in [0.717, 1.165) is 30.4 Å². The monoisotopic (exact) mass is 405 g/mol. The Kier molecular flexibility index (Phi) is 6.92. The number of aromatic nitrogens is 1. The number of pyridine rings is 1. The van der Waals surface area contributed by atoms with Crippen molar-refractivity contribution in [2.75, 3.05) is 31.9 Å². The molecule has 1 fully saturated rings. The van der Waals surface area contributed by atoms with Gasteiger partial charge >= 0.3 is 0 Å². The first-order valence-corrected chi connectivity index (χ1v) is 11.7. The van der Waals surface area contributed by atoms with Gasteiger partial charge in [0, 0.05) is 44.7 Å². The highest BCUT2D eigenvalue weighted by Crippen LogP contribution is 2.22. The van der Waals surface area contributed by atoms with E-state index >= 15 is 0 Å². The molecule has 5 nitrogen and oxygen atoms in total. The summed E-state index contributed by atoms with van der Waals surface area (Å²) >= 11 is 1.66. The standard InChI is InChI=1S/C20H27N3O2S2/c1-17(2)16-26-20-9-8-19(14-21-20)27(24,25)23-12-10-22(11-13-23)15-18-6-4-3-5-7-18/h3-9,14,17H,10-13,15-16H2,1-2H3. The minimum atomic E-state index is -3.47. The van der Waals surface area contributed by atoms with Crippen LogP contribution in [0.4, 0.5) is 0 Å². The Morgan fingerprint density at radius 3 is 2.33 bits per heavy atom. The zero-order chi connectivity index (χ0) is 19.3. The number of nitrogens with zero attached hydrogens (tertiary/aromatic N) is 3. The van der Waals surface area contributed by atoms with Crippen molar-refractivity contribution in [1.29, 1.82) is 0 Å². The summed E-state index contributed by atoms with van der Waals surface area (Å²) in [5.74, 6) is 1.55. The number of rotatable bonds is 7. The molecule has 1 aliphatic heterocycles. The SMILES string of the molecule is CC(C)CSc1ccc(S(=O)(=O)N2CCN(Cc3ccccc3)CC2)cn1. The molecule has 0 unspecified atom stereocenters. The van der Waals surface area contributed by atoms with Crippen molar-refractivity contribution in [3.05, 3.63) is 54.2 Å². The van der Waals surface area contributed by atoms with Gasteiger partial charge in [0.1, 0.15) is 4.90 Å². The van der Waals surface area contributed by atoms with E-state index in [4.69, 9.17) is 0 Å². The van der Waals surface area contributed by atoms with E-state index in [9.17, 15) is 8.42 Å². The lowest BCUT2D eigenvalue weighted by molar-refractivity contribution is 0.181. The molecule has 3 rings (SSSR count). The first kappa shape index (κ1) is 20.3. The van der Waals surface area contributed by atoms with Crippen LogP contribution in [0.15, 0.2) is 58.6 Å². The van der Waals surface area contributed by atoms with E-state index in [1.165, 1.54) is 11.8 Å². The van der Waals surface area contributed by atoms with Gasteiger partial charge in [0.15, 0.2) is 0 Å². The van der Waals surface area contributed by atoms with Crippen molar-refractivity contribution in [3.8, 4) is 0 Å². The van der Waals surface area contributed by atoms with Gasteiger partial charge in [-0.1, -0.05) is 44.2 Å². The number of hydrogen-bond donors (Lipinski definition) is 0. The van der Waals surface area contributed by atoms with Gasteiger partial charge in [-0.05, 0) is 23.6 Å². The lowest BCUT2D eigenvalue weighted by Crippen LogP contribution is -2.48. The van der Waals surface area contributed by atoms with Crippen LogP contribution in [0.25, 0.3) is 0 Å². The molecule has 0 radical (unpaired) electrons. The molecule has 0 N–H and O–H groups in total. The molecular weight excluding hydrogens is 378 g/mol. The Balaban J connectivity index is 1.58. The number of benzene rings is 1. The molecule has 1 aromatic heterocycles. The largest absolute Gasteiger partial charge is 0.296 e. The zero-order valence-electron chi connectivity index (χ0n) is 15.9. The van der Waals surface area contributed by atoms with Crippen molar-refractivity contribution < 1.29 is 8.42 Å². The average Bonchev–Trinajstić information content (AvgIpc) is 2.68. The number of sulfonamides is 1. The van der Waals surface area contributed by atoms with Crippen molar-refractivity contribution in [1.82, 2.24) is 14.2 Å². The molecule has 0 aliphatic carbocycles. The molecule has 1 aromatic carbocycles. The Morgan fingerprint density at radius 2 is 1.74 bits per heavy atom. The maximum Gasteiger partial charge on any atom is 0.244 e. The zero-order valence-corrected chi connectivity index (χ0v) is 17.5. The van der Waals surface area contributed by atoms with Gasteiger partial charge in [-0.2, -0.15) is 4.31 Å². The van der Waals surface area contributed by atoms with Crippen LogP contribution in [0.5, 0.6) is 0 Å². The fourth-order valence-electron chi connectivity index (χ4n) is 2.98. The van der Waals surface area contributed by atoms with E-state index in [1.54, 1.807) is 22.1 Å². The van der Waals surface area contributed by atoms with Crippen LogP contribution in [-0.4, -0.2) is 54.5 Å². The minimum absolute atomic E-state index is 0.285. The van der Waals surface area contributed by atoms with E-state index < -0.39 is 10.0 Å². The van der Waals surface area contributed by atoms with Gasteiger partial charge in [-0.25, -0.2) is 13.4 Å². The Morgan fingerprint density at radius 1 is 1.04 bits per heavy atom. The van der Waals surface area contributed by atoms with Gasteiger partial charge < -0.3 is 0 Å². The Hall–Kier alpha value is -1.41. The van der Waals surface area contributed by atoms with Crippen LogP contribution in [0.3, 0.4) is 0 Å². The molecule has 0 bridgehead atoms. The third kappa shape index (κ3) is 5.54. The molecule has 0 atom stereocenters. The summed E-state index contributed by atoms with van der Waals surface area (Å²) in [5.41, 5.74) is 1.26. The summed E-state index contributed by atoms with van der Waals surface area (Å²) in [6.07, 6.45) is 1.49. The van der Waals surface area contributed by atoms with E-state index in [-0.39, 0.29) is 4.90 Å². The highest BCUT2D eigenvalue weighted by molar-refractivity contribution is 7.99. The average molecular weight is 406 g/mol. The highest BCUT2D eigenvalue weighted by Gasteiger charge is 2.28. The molecule has 0 spiro atoms. The number of piperazine rings is 1. The van der Waals surface area contributed by atoms with Crippen molar-refractivity contribution in [2.45, 2.75) is 30.3 Å². The predicted molar refractivity (Wildman–Crippen MR) is 110 cm³/mol. The van der Waals surface area contributed by atoms with E-state index in [0.29, 0.717) is 19.0 Å². The van der Waals surface area contributed by atoms with Gasteiger partial charge in [0.05, 0.1) is 5.03 Å². The second-order valence-electron chi connectivity index (χ2n) is 7.20. The lowest BCUT2D eigenvalue weighted by Gasteiger charge is -2.33. The van der Waals surface area contributed by atoms with Gasteiger partial charge in [-0.3, -0.25) is 4.90 Å². The summed E-state index contributed by atoms with van der Waals surface area (Å²) in [6, 6.07) is 13.8. The summed E-state index contributed by atoms with van der Waals surface area (Å²) in [4.78, 5) is 6.91. The summed E-state index contributed by atoms with van der Waals surface area (Å²) in [5, 5.41) is 0.871. The van der Waals surface area contributed by atoms with Gasteiger partial charge in [-0.15, -0.1) is 11.8 Å². The molecule has 0 amide bonds. The minimum Gasteiger partial charge on any atom is -0.296 e. The maximum atomic E-state index is 12.9. The third-order valence-corrected chi connectivity index (χ3v) is 7.74. The first-order valence-electron chi connectivity index (χ1n) is 9.30. The quantitative estimate of drug-likeness (QED) is 0.662. The van der Waals surface area contributed by atoms with Crippen molar-refractivity contribution in [2.24, 2.45) is 5.92 Å². The van der Waals surface area contributed by atoms with Crippen LogP contribution >= 0.6 is 11.8 Å². The number of thioether (sulfide) groups is 1. The molecule has 1 aliphatic rings. The summed E-state index contributed by atoms with van der Waals surface area (Å²) in [7, 11) is -3.47. The summed E-state index contributed by atoms with van der Waals surface area (Å²) < 4.78 is 27.4. The molecular formula is C20H27N3O2S2. The lowest BCUT2D eigenvalue weighted by atomic mass is 10.2. The topological polar surface area (TPSA) is 53.5 Å². The van der Waals surface area contributed by atoms with Gasteiger partial charge in [0.25, 0.3) is 0 Å². The Labute approximate surface area is 166 Å². The third-order valence-electron chi connectivity index (χ3n) is 4.49. The molecule has 0 saturated carbocycles.